The monoisotopic (exact) mass is 549 g/mol. The molecule has 0 amide bonds. The number of hydrogen-bond donors (Lipinski definition) is 3. The first-order valence-electron chi connectivity index (χ1n) is 15.0. The third kappa shape index (κ3) is 11.0. The maximum atomic E-state index is 13.2. The Bertz CT molecular complexity index is 844. The zero-order chi connectivity index (χ0) is 28.9. The van der Waals surface area contributed by atoms with Crippen LogP contribution in [-0.2, 0) is 16.0 Å². The molecule has 1 aliphatic carbocycles. The van der Waals surface area contributed by atoms with Crippen LogP contribution in [0, 0.1) is 29.6 Å². The summed E-state index contributed by atoms with van der Waals surface area (Å²) in [6.07, 6.45) is 5.68. The summed E-state index contributed by atoms with van der Waals surface area (Å²) in [5.74, 6) is 2.11. The molecule has 0 bridgehead atoms. The lowest BCUT2D eigenvalue weighted by molar-refractivity contribution is -0.127. The molecule has 7 heteroatoms. The number of aliphatic hydroxyl groups excluding tert-OH is 2. The number of methoxy groups -OCH3 is 2. The van der Waals surface area contributed by atoms with E-state index in [1.165, 1.54) is 0 Å². The zero-order valence-corrected chi connectivity index (χ0v) is 25.2. The molecule has 1 saturated carbocycles. The van der Waals surface area contributed by atoms with E-state index in [0.29, 0.717) is 44.1 Å². The molecule has 0 aromatic heterocycles. The predicted octanol–water partition coefficient (Wildman–Crippen LogP) is 5.18. The highest BCUT2D eigenvalue weighted by Gasteiger charge is 2.33. The Morgan fingerprint density at radius 1 is 1.03 bits per heavy atom. The summed E-state index contributed by atoms with van der Waals surface area (Å²) in [5.41, 5.74) is 7.71. The lowest BCUT2D eigenvalue weighted by atomic mass is 9.76. The third-order valence-electron chi connectivity index (χ3n) is 8.53. The van der Waals surface area contributed by atoms with Gasteiger partial charge in [-0.05, 0) is 73.5 Å². The van der Waals surface area contributed by atoms with Crippen molar-refractivity contribution in [3.05, 3.63) is 23.8 Å². The first-order valence-corrected chi connectivity index (χ1v) is 15.0. The van der Waals surface area contributed by atoms with E-state index in [4.69, 9.17) is 19.9 Å². The van der Waals surface area contributed by atoms with Crippen molar-refractivity contribution in [2.24, 2.45) is 35.3 Å². The van der Waals surface area contributed by atoms with Crippen LogP contribution in [0.4, 0.5) is 0 Å². The van der Waals surface area contributed by atoms with Crippen LogP contribution in [0.2, 0.25) is 0 Å². The van der Waals surface area contributed by atoms with Crippen LogP contribution in [-0.4, -0.2) is 61.7 Å². The van der Waals surface area contributed by atoms with Crippen LogP contribution in [0.15, 0.2) is 18.2 Å². The molecule has 0 radical (unpaired) electrons. The molecule has 1 aromatic rings. The van der Waals surface area contributed by atoms with Gasteiger partial charge in [0.25, 0.3) is 0 Å². The summed E-state index contributed by atoms with van der Waals surface area (Å²) in [4.78, 5) is 13.2. The molecule has 224 valence electrons. The normalized spacial score (nSPS) is 21.0. The largest absolute Gasteiger partial charge is 0.493 e. The molecule has 1 unspecified atom stereocenters. The number of aliphatic hydroxyl groups is 2. The predicted molar refractivity (Wildman–Crippen MR) is 156 cm³/mol. The van der Waals surface area contributed by atoms with Gasteiger partial charge in [-0.15, -0.1) is 0 Å². The molecular formula is C32H55NO6. The highest BCUT2D eigenvalue weighted by Crippen LogP contribution is 2.33. The van der Waals surface area contributed by atoms with Crippen LogP contribution >= 0.6 is 0 Å². The minimum atomic E-state index is -0.755. The summed E-state index contributed by atoms with van der Waals surface area (Å²) in [6.45, 7) is 9.63. The van der Waals surface area contributed by atoms with Gasteiger partial charge in [-0.1, -0.05) is 46.6 Å². The van der Waals surface area contributed by atoms with Crippen molar-refractivity contribution < 1.29 is 29.2 Å². The Morgan fingerprint density at radius 2 is 1.74 bits per heavy atom. The molecule has 2 rings (SSSR count). The molecule has 4 N–H and O–H groups in total. The molecule has 1 aliphatic rings. The summed E-state index contributed by atoms with van der Waals surface area (Å²) in [6, 6.07) is 5.62. The number of nitrogens with two attached hydrogens (primary N) is 1. The van der Waals surface area contributed by atoms with Crippen LogP contribution in [0.3, 0.4) is 0 Å². The van der Waals surface area contributed by atoms with Gasteiger partial charge in [-0.3, -0.25) is 4.79 Å². The van der Waals surface area contributed by atoms with E-state index in [0.717, 1.165) is 49.8 Å². The maximum Gasteiger partial charge on any atom is 0.161 e. The number of ether oxygens (including phenoxy) is 3. The number of carbonyl (C=O) groups is 1. The fourth-order valence-corrected chi connectivity index (χ4v) is 5.79. The van der Waals surface area contributed by atoms with Crippen molar-refractivity contribution in [1.29, 1.82) is 0 Å². The standard InChI is InChI=1S/C32H55NO6/c1-21(2)25(16-23-12-13-31(38-6)32(17-23)39-15-9-14-37-5)18-27(33)30(36)20-26(22(3)4)29(35)19-24-10-7-8-11-28(24)34/h12-13,17,21-22,24-28,30,34,36H,7-11,14-16,18-20,33H2,1-6H3/t24?,25-,26-,27-,28+,30-/m0/s1. The second kappa shape index (κ2) is 17.2. The molecule has 0 aliphatic heterocycles. The Labute approximate surface area is 236 Å². The number of Topliss-reactive ketones (excluding diaryl/α,β-unsaturated/α-hetero) is 1. The summed E-state index contributed by atoms with van der Waals surface area (Å²) in [7, 11) is 3.32. The van der Waals surface area contributed by atoms with Crippen molar-refractivity contribution >= 4 is 5.78 Å². The van der Waals surface area contributed by atoms with Crippen molar-refractivity contribution in [2.45, 2.75) is 104 Å². The SMILES string of the molecule is COCCCOc1cc(C[C@@H](C[C@H](N)[C@@H](O)C[C@H](C(=O)CC2CCCC[C@H]2O)C(C)C)C(C)C)ccc1OC. The highest BCUT2D eigenvalue weighted by molar-refractivity contribution is 5.81. The number of ketones is 1. The van der Waals surface area contributed by atoms with Crippen LogP contribution in [0.1, 0.15) is 84.6 Å². The molecule has 0 saturated heterocycles. The molecule has 39 heavy (non-hydrogen) atoms. The second-order valence-electron chi connectivity index (χ2n) is 12.2. The lowest BCUT2D eigenvalue weighted by Crippen LogP contribution is -2.41. The Morgan fingerprint density at radius 3 is 2.36 bits per heavy atom. The van der Waals surface area contributed by atoms with Gasteiger partial charge in [0.2, 0.25) is 0 Å². The fraction of sp³-hybridized carbons (Fsp3) is 0.781. The number of carbonyl (C=O) groups excluding carboxylic acids is 1. The first-order chi connectivity index (χ1) is 18.6. The quantitative estimate of drug-likeness (QED) is 0.217. The average molecular weight is 550 g/mol. The zero-order valence-electron chi connectivity index (χ0n) is 25.2. The maximum absolute atomic E-state index is 13.2. The van der Waals surface area contributed by atoms with E-state index in [1.807, 2.05) is 26.0 Å². The molecular weight excluding hydrogens is 494 g/mol. The van der Waals surface area contributed by atoms with E-state index in [2.05, 4.69) is 19.9 Å². The number of rotatable bonds is 18. The Balaban J connectivity index is 2.01. The lowest BCUT2D eigenvalue weighted by Gasteiger charge is -2.32. The van der Waals surface area contributed by atoms with Gasteiger partial charge in [0.15, 0.2) is 11.5 Å². The molecule has 0 spiro atoms. The summed E-state index contributed by atoms with van der Waals surface area (Å²) in [5, 5.41) is 21.5. The van der Waals surface area contributed by atoms with E-state index < -0.39 is 12.1 Å². The van der Waals surface area contributed by atoms with E-state index in [-0.39, 0.29) is 35.6 Å². The minimum absolute atomic E-state index is 0.0435. The first kappa shape index (κ1) is 33.5. The van der Waals surface area contributed by atoms with Gasteiger partial charge in [-0.2, -0.15) is 0 Å². The van der Waals surface area contributed by atoms with Gasteiger partial charge in [0.1, 0.15) is 5.78 Å². The smallest absolute Gasteiger partial charge is 0.161 e. The Hall–Kier alpha value is -1.67. The van der Waals surface area contributed by atoms with Gasteiger partial charge in [-0.25, -0.2) is 0 Å². The topological polar surface area (TPSA) is 111 Å². The van der Waals surface area contributed by atoms with Crippen LogP contribution in [0.5, 0.6) is 11.5 Å². The minimum Gasteiger partial charge on any atom is -0.493 e. The Kier molecular flexibility index (Phi) is 14.8. The van der Waals surface area contributed by atoms with Gasteiger partial charge < -0.3 is 30.2 Å². The number of hydrogen-bond acceptors (Lipinski definition) is 7. The molecule has 7 nitrogen and oxygen atoms in total. The molecule has 1 aromatic carbocycles. The highest BCUT2D eigenvalue weighted by atomic mass is 16.5. The van der Waals surface area contributed by atoms with Crippen LogP contribution < -0.4 is 15.2 Å². The fourth-order valence-electron chi connectivity index (χ4n) is 5.79. The summed E-state index contributed by atoms with van der Waals surface area (Å²) >= 11 is 0. The molecule has 0 heterocycles. The van der Waals surface area contributed by atoms with E-state index >= 15 is 0 Å². The van der Waals surface area contributed by atoms with Crippen molar-refractivity contribution in [3.63, 3.8) is 0 Å². The number of benzene rings is 1. The van der Waals surface area contributed by atoms with Crippen molar-refractivity contribution in [1.82, 2.24) is 0 Å². The van der Waals surface area contributed by atoms with E-state index in [1.54, 1.807) is 14.2 Å². The second-order valence-corrected chi connectivity index (χ2v) is 12.2. The third-order valence-corrected chi connectivity index (χ3v) is 8.53. The summed E-state index contributed by atoms with van der Waals surface area (Å²) < 4.78 is 16.6. The molecule has 1 fully saturated rings. The van der Waals surface area contributed by atoms with Gasteiger partial charge in [0.05, 0.1) is 25.9 Å². The average Bonchev–Trinajstić information content (AvgIpc) is 2.90. The van der Waals surface area contributed by atoms with Crippen molar-refractivity contribution in [2.75, 3.05) is 27.4 Å². The van der Waals surface area contributed by atoms with Gasteiger partial charge in [0, 0.05) is 38.5 Å². The van der Waals surface area contributed by atoms with E-state index in [9.17, 15) is 15.0 Å². The van der Waals surface area contributed by atoms with Crippen LogP contribution in [0.25, 0.3) is 0 Å². The van der Waals surface area contributed by atoms with Gasteiger partial charge >= 0.3 is 0 Å². The molecule has 6 atom stereocenters. The van der Waals surface area contributed by atoms with Crippen molar-refractivity contribution in [3.8, 4) is 11.5 Å².